The molecule has 1 aromatic carbocycles. The number of hydrogen-bond acceptors (Lipinski definition) is 3. The molecule has 15 heavy (non-hydrogen) atoms. The summed E-state index contributed by atoms with van der Waals surface area (Å²) >= 11 is 0. The molecule has 0 aliphatic heterocycles. The van der Waals surface area contributed by atoms with Gasteiger partial charge in [0.2, 0.25) is 0 Å². The zero-order valence-electron chi connectivity index (χ0n) is 9.58. The van der Waals surface area contributed by atoms with Gasteiger partial charge in [-0.15, -0.1) is 0 Å². The molecule has 3 heteroatoms. The number of para-hydroxylation sites is 1. The van der Waals surface area contributed by atoms with E-state index >= 15 is 0 Å². The molecule has 0 fully saturated rings. The van der Waals surface area contributed by atoms with Crippen molar-refractivity contribution in [1.29, 1.82) is 0 Å². The Morgan fingerprint density at radius 1 is 1.33 bits per heavy atom. The first-order chi connectivity index (χ1) is 6.98. The van der Waals surface area contributed by atoms with Crippen molar-refractivity contribution in [2.45, 2.75) is 32.4 Å². The first kappa shape index (κ1) is 12.0. The average molecular weight is 209 g/mol. The number of aliphatic hydroxyl groups is 1. The minimum Gasteiger partial charge on any atom is -0.496 e. The average Bonchev–Trinajstić information content (AvgIpc) is 2.15. The van der Waals surface area contributed by atoms with Crippen LogP contribution in [0.25, 0.3) is 0 Å². The molecule has 0 saturated heterocycles. The van der Waals surface area contributed by atoms with Gasteiger partial charge >= 0.3 is 0 Å². The maximum Gasteiger partial charge on any atom is 0.127 e. The Labute approximate surface area is 90.9 Å². The maximum atomic E-state index is 9.16. The van der Waals surface area contributed by atoms with Gasteiger partial charge in [-0.25, -0.2) is 0 Å². The molecule has 3 N–H and O–H groups in total. The van der Waals surface area contributed by atoms with Crippen LogP contribution in [0.4, 0.5) is 0 Å². The number of methoxy groups -OCH3 is 1. The van der Waals surface area contributed by atoms with Crippen molar-refractivity contribution >= 4 is 0 Å². The second kappa shape index (κ2) is 4.64. The molecule has 0 bridgehead atoms. The number of hydrogen-bond donors (Lipinski definition) is 2. The van der Waals surface area contributed by atoms with Crippen molar-refractivity contribution in [3.8, 4) is 5.75 Å². The van der Waals surface area contributed by atoms with E-state index in [1.807, 2.05) is 32.0 Å². The monoisotopic (exact) mass is 209 g/mol. The van der Waals surface area contributed by atoms with E-state index in [4.69, 9.17) is 15.6 Å². The summed E-state index contributed by atoms with van der Waals surface area (Å²) in [5.74, 6) is 0.749. The number of nitrogens with two attached hydrogens (primary N) is 1. The normalized spacial score (nSPS) is 11.5. The summed E-state index contributed by atoms with van der Waals surface area (Å²) < 4.78 is 5.30. The minimum atomic E-state index is -0.276. The summed E-state index contributed by atoms with van der Waals surface area (Å²) in [6.45, 7) is 3.93. The third kappa shape index (κ3) is 3.22. The van der Waals surface area contributed by atoms with Crippen molar-refractivity contribution < 1.29 is 9.84 Å². The number of benzene rings is 1. The largest absolute Gasteiger partial charge is 0.496 e. The molecule has 0 spiro atoms. The van der Waals surface area contributed by atoms with Crippen molar-refractivity contribution in [3.05, 3.63) is 29.3 Å². The van der Waals surface area contributed by atoms with Crippen LogP contribution in [-0.2, 0) is 13.0 Å². The molecular formula is C12H19NO2. The van der Waals surface area contributed by atoms with Crippen LogP contribution in [0.15, 0.2) is 18.2 Å². The van der Waals surface area contributed by atoms with E-state index in [0.29, 0.717) is 0 Å². The van der Waals surface area contributed by atoms with E-state index in [1.54, 1.807) is 7.11 Å². The molecule has 0 amide bonds. The predicted octanol–water partition coefficient (Wildman–Crippen LogP) is 1.47. The van der Waals surface area contributed by atoms with Gasteiger partial charge in [0, 0.05) is 11.1 Å². The lowest BCUT2D eigenvalue weighted by Crippen LogP contribution is -2.34. The molecule has 0 aliphatic carbocycles. The standard InChI is InChI=1S/C12H19NO2/c1-12(2,13)7-9-5-4-6-10(8-14)11(9)15-3/h4-6,14H,7-8,13H2,1-3H3. The quantitative estimate of drug-likeness (QED) is 0.789. The highest BCUT2D eigenvalue weighted by molar-refractivity contribution is 5.42. The van der Waals surface area contributed by atoms with E-state index < -0.39 is 0 Å². The van der Waals surface area contributed by atoms with Gasteiger partial charge in [0.25, 0.3) is 0 Å². The molecule has 0 radical (unpaired) electrons. The van der Waals surface area contributed by atoms with E-state index in [2.05, 4.69) is 0 Å². The molecule has 84 valence electrons. The summed E-state index contributed by atoms with van der Waals surface area (Å²) in [4.78, 5) is 0. The van der Waals surface area contributed by atoms with Crippen molar-refractivity contribution in [2.24, 2.45) is 5.73 Å². The molecule has 0 aliphatic rings. The fourth-order valence-corrected chi connectivity index (χ4v) is 1.65. The van der Waals surface area contributed by atoms with Crippen LogP contribution in [0.5, 0.6) is 5.75 Å². The van der Waals surface area contributed by atoms with Gasteiger partial charge in [-0.3, -0.25) is 0 Å². The van der Waals surface area contributed by atoms with E-state index in [9.17, 15) is 0 Å². The Hall–Kier alpha value is -1.06. The van der Waals surface area contributed by atoms with Gasteiger partial charge in [0.1, 0.15) is 5.75 Å². The Morgan fingerprint density at radius 2 is 1.93 bits per heavy atom. The molecule has 0 atom stereocenters. The molecule has 1 rings (SSSR count). The highest BCUT2D eigenvalue weighted by atomic mass is 16.5. The zero-order valence-corrected chi connectivity index (χ0v) is 9.58. The Bertz CT molecular complexity index is 329. The topological polar surface area (TPSA) is 55.5 Å². The van der Waals surface area contributed by atoms with Crippen LogP contribution in [0.1, 0.15) is 25.0 Å². The lowest BCUT2D eigenvalue weighted by atomic mass is 9.94. The fourth-order valence-electron chi connectivity index (χ4n) is 1.65. The molecule has 0 heterocycles. The molecule has 0 unspecified atom stereocenters. The highest BCUT2D eigenvalue weighted by Gasteiger charge is 2.16. The summed E-state index contributed by atoms with van der Waals surface area (Å²) in [6, 6.07) is 5.74. The Balaban J connectivity index is 3.06. The molecular weight excluding hydrogens is 190 g/mol. The third-order valence-electron chi connectivity index (χ3n) is 2.20. The van der Waals surface area contributed by atoms with Crippen LogP contribution in [0, 0.1) is 0 Å². The Morgan fingerprint density at radius 3 is 2.40 bits per heavy atom. The van der Waals surface area contributed by atoms with Gasteiger partial charge in [0.05, 0.1) is 13.7 Å². The van der Waals surface area contributed by atoms with Crippen molar-refractivity contribution in [3.63, 3.8) is 0 Å². The lowest BCUT2D eigenvalue weighted by molar-refractivity contribution is 0.273. The summed E-state index contributed by atoms with van der Waals surface area (Å²) in [6.07, 6.45) is 0.726. The summed E-state index contributed by atoms with van der Waals surface area (Å²) in [5.41, 5.74) is 7.53. The van der Waals surface area contributed by atoms with Crippen LogP contribution >= 0.6 is 0 Å². The maximum absolute atomic E-state index is 9.16. The molecule has 1 aromatic rings. The van der Waals surface area contributed by atoms with Crippen molar-refractivity contribution in [2.75, 3.05) is 7.11 Å². The smallest absolute Gasteiger partial charge is 0.127 e. The number of rotatable bonds is 4. The van der Waals surface area contributed by atoms with Crippen LogP contribution < -0.4 is 10.5 Å². The zero-order chi connectivity index (χ0) is 11.5. The summed E-state index contributed by atoms with van der Waals surface area (Å²) in [7, 11) is 1.61. The first-order valence-electron chi connectivity index (χ1n) is 5.02. The van der Waals surface area contributed by atoms with Gasteiger partial charge in [-0.2, -0.15) is 0 Å². The first-order valence-corrected chi connectivity index (χ1v) is 5.02. The Kier molecular flexibility index (Phi) is 3.72. The molecule has 3 nitrogen and oxygen atoms in total. The molecule has 0 aromatic heterocycles. The van der Waals surface area contributed by atoms with Gasteiger partial charge in [0.15, 0.2) is 0 Å². The molecule has 0 saturated carbocycles. The predicted molar refractivity (Wildman–Crippen MR) is 60.9 cm³/mol. The van der Waals surface area contributed by atoms with Crippen LogP contribution in [0.3, 0.4) is 0 Å². The van der Waals surface area contributed by atoms with Gasteiger partial charge < -0.3 is 15.6 Å². The van der Waals surface area contributed by atoms with E-state index in [0.717, 1.165) is 23.3 Å². The van der Waals surface area contributed by atoms with Crippen LogP contribution in [-0.4, -0.2) is 17.8 Å². The lowest BCUT2D eigenvalue weighted by Gasteiger charge is -2.21. The second-order valence-corrected chi connectivity index (χ2v) is 4.43. The second-order valence-electron chi connectivity index (χ2n) is 4.43. The van der Waals surface area contributed by atoms with E-state index in [-0.39, 0.29) is 12.1 Å². The SMILES string of the molecule is COc1c(CO)cccc1CC(C)(C)N. The number of ether oxygens (including phenoxy) is 1. The highest BCUT2D eigenvalue weighted by Crippen LogP contribution is 2.26. The fraction of sp³-hybridized carbons (Fsp3) is 0.500. The minimum absolute atomic E-state index is 0.0119. The third-order valence-corrected chi connectivity index (χ3v) is 2.20. The van der Waals surface area contributed by atoms with Gasteiger partial charge in [-0.1, -0.05) is 18.2 Å². The van der Waals surface area contributed by atoms with Gasteiger partial charge in [-0.05, 0) is 25.8 Å². The van der Waals surface area contributed by atoms with Crippen LogP contribution in [0.2, 0.25) is 0 Å². The van der Waals surface area contributed by atoms with Crippen molar-refractivity contribution in [1.82, 2.24) is 0 Å². The summed E-state index contributed by atoms with van der Waals surface area (Å²) in [5, 5.41) is 9.16. The van der Waals surface area contributed by atoms with E-state index in [1.165, 1.54) is 0 Å². The number of aliphatic hydroxyl groups excluding tert-OH is 1.